The Labute approximate surface area is 238 Å². The van der Waals surface area contributed by atoms with E-state index < -0.39 is 117 Å². The number of carbonyl (C=O) groups is 2. The van der Waals surface area contributed by atoms with Crippen LogP contribution in [-0.4, -0.2) is 98.6 Å². The lowest BCUT2D eigenvalue weighted by Gasteiger charge is -2.33. The summed E-state index contributed by atoms with van der Waals surface area (Å²) < 4.78 is 247. The molecule has 45 heavy (non-hydrogen) atoms. The van der Waals surface area contributed by atoms with Crippen LogP contribution in [0, 0.1) is 0 Å². The predicted octanol–water partition coefficient (Wildman–Crippen LogP) is 5.43. The van der Waals surface area contributed by atoms with Crippen LogP contribution in [-0.2, 0) is 23.8 Å². The monoisotopic (exact) mass is 710 g/mol. The van der Waals surface area contributed by atoms with E-state index in [-0.39, 0.29) is 0 Å². The minimum absolute atomic E-state index is 0.878. The zero-order chi connectivity index (χ0) is 35.7. The van der Waals surface area contributed by atoms with Crippen LogP contribution in [0.5, 0.6) is 0 Å². The molecule has 2 unspecified atom stereocenters. The van der Waals surface area contributed by atoms with E-state index in [2.05, 4.69) is 4.74 Å². The van der Waals surface area contributed by atoms with Gasteiger partial charge in [-0.25, -0.2) is 0 Å². The summed E-state index contributed by atoms with van der Waals surface area (Å²) in [4.78, 5) is 23.6. The molecular weight excluding hydrogens is 690 g/mol. The lowest BCUT2D eigenvalue weighted by Crippen LogP contribution is -2.61. The van der Waals surface area contributed by atoms with Gasteiger partial charge in [0.15, 0.2) is 0 Å². The van der Waals surface area contributed by atoms with E-state index in [1.807, 2.05) is 0 Å². The summed E-state index contributed by atoms with van der Waals surface area (Å²) >= 11 is 0. The van der Waals surface area contributed by atoms with Gasteiger partial charge in [0, 0.05) is 45.9 Å². The first-order valence-corrected chi connectivity index (χ1v) is 11.7. The van der Waals surface area contributed by atoms with Crippen LogP contribution in [0.25, 0.3) is 0 Å². The highest BCUT2D eigenvalue weighted by Gasteiger charge is 2.82. The molecule has 2 amide bonds. The van der Waals surface area contributed by atoms with Crippen LogP contribution in [0.1, 0.15) is 25.7 Å². The maximum absolute atomic E-state index is 13.6. The summed E-state index contributed by atoms with van der Waals surface area (Å²) in [6.45, 7) is -3.40. The standard InChI is InChI=1S/C20H20F18N2O5/c1-43-12-44-8(6-39-10(41)2-4-13(21,22)15(25,26)17(29,30)19(33,34)35)9(45-12)7-40-11(42)3-5-14(23,24)16(27,28)18(31,32)20(36,37)38/h8-9,12H,2-7H2,1H3,(H,39,41)(H,40,42). The van der Waals surface area contributed by atoms with Crippen molar-refractivity contribution in [1.29, 1.82) is 0 Å². The Balaban J connectivity index is 2.76. The van der Waals surface area contributed by atoms with Crippen molar-refractivity contribution in [3.63, 3.8) is 0 Å². The van der Waals surface area contributed by atoms with Crippen LogP contribution >= 0.6 is 0 Å². The molecule has 0 bridgehead atoms. The molecule has 0 aromatic rings. The zero-order valence-electron chi connectivity index (χ0n) is 21.8. The second-order valence-electron chi connectivity index (χ2n) is 9.18. The van der Waals surface area contributed by atoms with Gasteiger partial charge in [-0.1, -0.05) is 0 Å². The van der Waals surface area contributed by atoms with E-state index in [4.69, 9.17) is 9.47 Å². The lowest BCUT2D eigenvalue weighted by atomic mass is 9.99. The molecule has 1 aliphatic heterocycles. The van der Waals surface area contributed by atoms with Gasteiger partial charge in [0.05, 0.1) is 0 Å². The minimum Gasteiger partial charge on any atom is -0.353 e. The van der Waals surface area contributed by atoms with Crippen molar-refractivity contribution in [3.05, 3.63) is 0 Å². The number of hydrogen-bond acceptors (Lipinski definition) is 5. The molecule has 2 N–H and O–H groups in total. The molecule has 0 aromatic carbocycles. The van der Waals surface area contributed by atoms with Crippen molar-refractivity contribution in [1.82, 2.24) is 10.6 Å². The van der Waals surface area contributed by atoms with Crippen molar-refractivity contribution < 1.29 is 103 Å². The number of hydrogen-bond donors (Lipinski definition) is 2. The zero-order valence-corrected chi connectivity index (χ0v) is 21.8. The summed E-state index contributed by atoms with van der Waals surface area (Å²) in [6, 6.07) is 0. The number of rotatable bonds is 15. The highest BCUT2D eigenvalue weighted by Crippen LogP contribution is 2.55. The van der Waals surface area contributed by atoms with Gasteiger partial charge in [0.2, 0.25) is 11.8 Å². The van der Waals surface area contributed by atoms with Crippen LogP contribution in [0.4, 0.5) is 79.0 Å². The van der Waals surface area contributed by atoms with Gasteiger partial charge in [0.25, 0.3) is 6.48 Å². The normalized spacial score (nSPS) is 21.2. The summed E-state index contributed by atoms with van der Waals surface area (Å²) in [6.07, 6.45) is -25.8. The van der Waals surface area contributed by atoms with E-state index in [1.54, 1.807) is 10.6 Å². The molecule has 2 atom stereocenters. The Morgan fingerprint density at radius 2 is 0.844 bits per heavy atom. The largest absolute Gasteiger partial charge is 0.460 e. The number of nitrogens with one attached hydrogen (secondary N) is 2. The Morgan fingerprint density at radius 3 is 1.09 bits per heavy atom. The molecule has 0 aromatic heterocycles. The summed E-state index contributed by atoms with van der Waals surface area (Å²) in [7, 11) is 0.930. The topological polar surface area (TPSA) is 85.9 Å². The third-order valence-corrected chi connectivity index (χ3v) is 5.93. The maximum Gasteiger partial charge on any atom is 0.460 e. The fraction of sp³-hybridized carbons (Fsp3) is 0.900. The highest BCUT2D eigenvalue weighted by atomic mass is 19.4. The fourth-order valence-electron chi connectivity index (χ4n) is 3.24. The molecule has 1 aliphatic rings. The quantitative estimate of drug-likeness (QED) is 0.222. The molecule has 1 rings (SSSR count). The number of ether oxygens (including phenoxy) is 3. The maximum atomic E-state index is 13.6. The molecule has 0 aliphatic carbocycles. The predicted molar refractivity (Wildman–Crippen MR) is 107 cm³/mol. The molecule has 1 fully saturated rings. The molecular formula is C20H20F18N2O5. The van der Waals surface area contributed by atoms with Gasteiger partial charge in [-0.2, -0.15) is 79.0 Å². The van der Waals surface area contributed by atoms with E-state index >= 15 is 0 Å². The first kappa shape index (κ1) is 40.6. The molecule has 0 spiro atoms. The fourth-order valence-corrected chi connectivity index (χ4v) is 3.24. The molecule has 1 saturated heterocycles. The Kier molecular flexibility index (Phi) is 12.0. The summed E-state index contributed by atoms with van der Waals surface area (Å²) in [5, 5.41) is 3.44. The molecule has 0 saturated carbocycles. The average molecular weight is 710 g/mol. The van der Waals surface area contributed by atoms with Crippen molar-refractivity contribution in [3.8, 4) is 0 Å². The van der Waals surface area contributed by atoms with Crippen LogP contribution in [0.15, 0.2) is 0 Å². The summed E-state index contributed by atoms with van der Waals surface area (Å²) in [5.41, 5.74) is 0. The number of amides is 2. The first-order valence-electron chi connectivity index (χ1n) is 11.7. The average Bonchev–Trinajstić information content (AvgIpc) is 3.28. The van der Waals surface area contributed by atoms with Gasteiger partial charge in [-0.3, -0.25) is 9.59 Å². The van der Waals surface area contributed by atoms with Gasteiger partial charge in [-0.05, 0) is 0 Å². The van der Waals surface area contributed by atoms with E-state index in [0.29, 0.717) is 0 Å². The van der Waals surface area contributed by atoms with Crippen LogP contribution in [0.2, 0.25) is 0 Å². The molecule has 7 nitrogen and oxygen atoms in total. The summed E-state index contributed by atoms with van der Waals surface area (Å²) in [5.74, 6) is -43.7. The molecule has 0 radical (unpaired) electrons. The van der Waals surface area contributed by atoms with Gasteiger partial charge in [0.1, 0.15) is 12.2 Å². The third kappa shape index (κ3) is 8.48. The van der Waals surface area contributed by atoms with Crippen molar-refractivity contribution in [2.45, 2.75) is 92.3 Å². The second kappa shape index (κ2) is 13.4. The number of halogens is 18. The van der Waals surface area contributed by atoms with Crippen molar-refractivity contribution in [2.24, 2.45) is 0 Å². The second-order valence-corrected chi connectivity index (χ2v) is 9.18. The molecule has 1 heterocycles. The SMILES string of the molecule is COC1OC(CNC(=O)CCC(F)(F)C(F)(F)C(F)(F)C(F)(F)F)C(CNC(=O)CCC(F)(F)C(F)(F)C(F)(F)C(F)(F)F)O1. The van der Waals surface area contributed by atoms with E-state index in [1.165, 1.54) is 0 Å². The molecule has 266 valence electrons. The van der Waals surface area contributed by atoms with Crippen molar-refractivity contribution in [2.75, 3.05) is 20.2 Å². The minimum atomic E-state index is -7.19. The first-order chi connectivity index (χ1) is 19.9. The Bertz CT molecular complexity index is 955. The van der Waals surface area contributed by atoms with Gasteiger partial charge < -0.3 is 24.8 Å². The molecule has 25 heteroatoms. The van der Waals surface area contributed by atoms with Crippen molar-refractivity contribution >= 4 is 11.8 Å². The number of alkyl halides is 18. The highest BCUT2D eigenvalue weighted by molar-refractivity contribution is 5.76. The van der Waals surface area contributed by atoms with E-state index in [0.717, 1.165) is 7.11 Å². The third-order valence-electron chi connectivity index (χ3n) is 5.93. The van der Waals surface area contributed by atoms with Gasteiger partial charge >= 0.3 is 47.9 Å². The number of methoxy groups -OCH3 is 1. The van der Waals surface area contributed by atoms with E-state index in [9.17, 15) is 88.6 Å². The number of carbonyl (C=O) groups excluding carboxylic acids is 2. The van der Waals surface area contributed by atoms with Gasteiger partial charge in [-0.15, -0.1) is 0 Å². The smallest absolute Gasteiger partial charge is 0.353 e. The van der Waals surface area contributed by atoms with Crippen LogP contribution < -0.4 is 10.6 Å². The Morgan fingerprint density at radius 1 is 0.556 bits per heavy atom. The van der Waals surface area contributed by atoms with Crippen LogP contribution in [0.3, 0.4) is 0 Å². The Hall–Kier alpha value is -2.44. The lowest BCUT2D eigenvalue weighted by molar-refractivity contribution is -0.396.